The Kier molecular flexibility index (Phi) is 8.67. The molecule has 4 N–H and O–H groups in total. The smallest absolute Gasteiger partial charge is 0.314 e. The largest absolute Gasteiger partial charge is 0.376 e. The van der Waals surface area contributed by atoms with Crippen molar-refractivity contribution in [2.45, 2.75) is 63.6 Å². The van der Waals surface area contributed by atoms with E-state index in [1.54, 1.807) is 0 Å². The molecule has 28 heavy (non-hydrogen) atoms. The van der Waals surface area contributed by atoms with Crippen molar-refractivity contribution in [2.75, 3.05) is 39.4 Å². The van der Waals surface area contributed by atoms with E-state index < -0.39 is 0 Å². The van der Waals surface area contributed by atoms with E-state index in [-0.39, 0.29) is 24.3 Å². The number of hydrogen-bond acceptors (Lipinski definition) is 4. The van der Waals surface area contributed by atoms with Gasteiger partial charge in [-0.15, -0.1) is 0 Å². The summed E-state index contributed by atoms with van der Waals surface area (Å²) in [5.41, 5.74) is 0. The van der Waals surface area contributed by atoms with Crippen LogP contribution in [0.5, 0.6) is 0 Å². The highest BCUT2D eigenvalue weighted by Gasteiger charge is 2.23. The summed E-state index contributed by atoms with van der Waals surface area (Å²) < 4.78 is 11.0. The Labute approximate surface area is 167 Å². The highest BCUT2D eigenvalue weighted by Crippen LogP contribution is 2.28. The standard InChI is InChI=1S/C20H36N4O4/c25-19(23-13-17-6-2-8-27-17)21-11-15-4-1-5-16(10-15)12-22-20(26)24-14-18-7-3-9-28-18/h15-18H,1-14H2,(H2,21,23,25)(H2,22,24,26)/t15-,16-,17+,18+/m1/s1. The number of rotatable bonds is 8. The lowest BCUT2D eigenvalue weighted by molar-refractivity contribution is 0.111. The van der Waals surface area contributed by atoms with Crippen LogP contribution in [0, 0.1) is 11.8 Å². The van der Waals surface area contributed by atoms with E-state index >= 15 is 0 Å². The monoisotopic (exact) mass is 396 g/mol. The zero-order valence-electron chi connectivity index (χ0n) is 16.8. The first-order chi connectivity index (χ1) is 13.7. The summed E-state index contributed by atoms with van der Waals surface area (Å²) in [6.07, 6.45) is 9.00. The van der Waals surface area contributed by atoms with Crippen LogP contribution in [-0.2, 0) is 9.47 Å². The van der Waals surface area contributed by atoms with Gasteiger partial charge in [-0.3, -0.25) is 0 Å². The van der Waals surface area contributed by atoms with Crippen LogP contribution in [0.4, 0.5) is 9.59 Å². The predicted octanol–water partition coefficient (Wildman–Crippen LogP) is 1.75. The third kappa shape index (κ3) is 7.47. The minimum Gasteiger partial charge on any atom is -0.376 e. The second-order valence-corrected chi connectivity index (χ2v) is 8.35. The van der Waals surface area contributed by atoms with Gasteiger partial charge in [0.2, 0.25) is 0 Å². The molecule has 0 unspecified atom stereocenters. The number of amides is 4. The molecule has 2 aliphatic heterocycles. The fourth-order valence-electron chi connectivity index (χ4n) is 4.40. The molecule has 0 bridgehead atoms. The Bertz CT molecular complexity index is 451. The van der Waals surface area contributed by atoms with Crippen LogP contribution in [0.1, 0.15) is 51.4 Å². The molecule has 3 rings (SSSR count). The van der Waals surface area contributed by atoms with Gasteiger partial charge < -0.3 is 30.7 Å². The molecule has 2 heterocycles. The summed E-state index contributed by atoms with van der Waals surface area (Å²) >= 11 is 0. The Morgan fingerprint density at radius 3 is 1.54 bits per heavy atom. The maximum absolute atomic E-state index is 12.0. The van der Waals surface area contributed by atoms with Gasteiger partial charge in [0.1, 0.15) is 0 Å². The van der Waals surface area contributed by atoms with Gasteiger partial charge in [-0.2, -0.15) is 0 Å². The summed E-state index contributed by atoms with van der Waals surface area (Å²) in [7, 11) is 0. The van der Waals surface area contributed by atoms with E-state index in [2.05, 4.69) is 21.3 Å². The van der Waals surface area contributed by atoms with Crippen molar-refractivity contribution >= 4 is 12.1 Å². The lowest BCUT2D eigenvalue weighted by Gasteiger charge is -2.29. The summed E-state index contributed by atoms with van der Waals surface area (Å²) in [6.45, 7) is 4.17. The normalized spacial score (nSPS) is 30.0. The molecule has 160 valence electrons. The lowest BCUT2D eigenvalue weighted by Crippen LogP contribution is -2.43. The van der Waals surface area contributed by atoms with Crippen molar-refractivity contribution in [1.29, 1.82) is 0 Å². The first-order valence-electron chi connectivity index (χ1n) is 11.0. The molecule has 0 aromatic heterocycles. The Morgan fingerprint density at radius 1 is 0.643 bits per heavy atom. The highest BCUT2D eigenvalue weighted by molar-refractivity contribution is 5.74. The van der Waals surface area contributed by atoms with E-state index in [0.717, 1.165) is 64.6 Å². The van der Waals surface area contributed by atoms with E-state index in [1.807, 2.05) is 0 Å². The van der Waals surface area contributed by atoms with Crippen LogP contribution >= 0.6 is 0 Å². The van der Waals surface area contributed by atoms with E-state index in [0.29, 0.717) is 38.0 Å². The zero-order valence-corrected chi connectivity index (χ0v) is 16.8. The molecule has 4 atom stereocenters. The van der Waals surface area contributed by atoms with Crippen molar-refractivity contribution in [2.24, 2.45) is 11.8 Å². The van der Waals surface area contributed by atoms with Crippen LogP contribution < -0.4 is 21.3 Å². The van der Waals surface area contributed by atoms with Crippen LogP contribution in [0.15, 0.2) is 0 Å². The molecule has 0 radical (unpaired) electrons. The number of carbonyl (C=O) groups excluding carboxylic acids is 2. The maximum Gasteiger partial charge on any atom is 0.314 e. The highest BCUT2D eigenvalue weighted by atomic mass is 16.5. The molecular formula is C20H36N4O4. The first kappa shape index (κ1) is 21.2. The predicted molar refractivity (Wildman–Crippen MR) is 106 cm³/mol. The molecule has 0 spiro atoms. The van der Waals surface area contributed by atoms with Gasteiger partial charge >= 0.3 is 12.1 Å². The van der Waals surface area contributed by atoms with Crippen LogP contribution in [0.25, 0.3) is 0 Å². The number of urea groups is 2. The molecule has 2 saturated heterocycles. The quantitative estimate of drug-likeness (QED) is 0.502. The second kappa shape index (κ2) is 11.5. The van der Waals surface area contributed by atoms with Gasteiger partial charge in [-0.25, -0.2) is 9.59 Å². The fourth-order valence-corrected chi connectivity index (χ4v) is 4.40. The molecular weight excluding hydrogens is 360 g/mol. The Morgan fingerprint density at radius 2 is 1.11 bits per heavy atom. The summed E-state index contributed by atoms with van der Waals surface area (Å²) in [6, 6.07) is -0.214. The summed E-state index contributed by atoms with van der Waals surface area (Å²) in [5.74, 6) is 0.952. The van der Waals surface area contributed by atoms with Crippen LogP contribution in [0.2, 0.25) is 0 Å². The molecule has 3 fully saturated rings. The molecule has 1 aliphatic carbocycles. The van der Waals surface area contributed by atoms with E-state index in [4.69, 9.17) is 9.47 Å². The van der Waals surface area contributed by atoms with E-state index in [1.165, 1.54) is 0 Å². The van der Waals surface area contributed by atoms with Crippen molar-refractivity contribution in [3.8, 4) is 0 Å². The zero-order chi connectivity index (χ0) is 19.6. The minimum atomic E-state index is -0.107. The van der Waals surface area contributed by atoms with Crippen molar-refractivity contribution in [1.82, 2.24) is 21.3 Å². The van der Waals surface area contributed by atoms with Crippen molar-refractivity contribution in [3.63, 3.8) is 0 Å². The summed E-state index contributed by atoms with van der Waals surface area (Å²) in [4.78, 5) is 23.9. The van der Waals surface area contributed by atoms with Gasteiger partial charge in [-0.05, 0) is 56.8 Å². The van der Waals surface area contributed by atoms with Gasteiger partial charge in [0.15, 0.2) is 0 Å². The van der Waals surface area contributed by atoms with Crippen molar-refractivity contribution < 1.29 is 19.1 Å². The molecule has 1 saturated carbocycles. The van der Waals surface area contributed by atoms with Gasteiger partial charge in [-0.1, -0.05) is 6.42 Å². The van der Waals surface area contributed by atoms with Crippen LogP contribution in [-0.4, -0.2) is 63.7 Å². The van der Waals surface area contributed by atoms with Gasteiger partial charge in [0.25, 0.3) is 0 Å². The molecule has 8 heteroatoms. The third-order valence-corrected chi connectivity index (χ3v) is 6.02. The molecule has 3 aliphatic rings. The van der Waals surface area contributed by atoms with Gasteiger partial charge in [0, 0.05) is 39.4 Å². The maximum atomic E-state index is 12.0. The second-order valence-electron chi connectivity index (χ2n) is 8.35. The average molecular weight is 397 g/mol. The molecule has 8 nitrogen and oxygen atoms in total. The van der Waals surface area contributed by atoms with E-state index in [9.17, 15) is 9.59 Å². The number of hydrogen-bond donors (Lipinski definition) is 4. The van der Waals surface area contributed by atoms with Gasteiger partial charge in [0.05, 0.1) is 12.2 Å². The number of nitrogens with one attached hydrogen (secondary N) is 4. The fraction of sp³-hybridized carbons (Fsp3) is 0.900. The van der Waals surface area contributed by atoms with Crippen LogP contribution in [0.3, 0.4) is 0 Å². The van der Waals surface area contributed by atoms with Crippen molar-refractivity contribution in [3.05, 3.63) is 0 Å². The third-order valence-electron chi connectivity index (χ3n) is 6.02. The average Bonchev–Trinajstić information content (AvgIpc) is 3.42. The SMILES string of the molecule is O=C(NC[C@@H]1CCC[C@@H](CNC(=O)NC[C@@H]2CCCO2)C1)NC[C@@H]1CCCO1. The number of carbonyl (C=O) groups is 2. The Hall–Kier alpha value is -1.54. The first-order valence-corrected chi connectivity index (χ1v) is 11.0. The number of ether oxygens (including phenoxy) is 2. The molecule has 0 aromatic carbocycles. The topological polar surface area (TPSA) is 101 Å². The minimum absolute atomic E-state index is 0.107. The Balaban J connectivity index is 1.24. The molecule has 4 amide bonds. The summed E-state index contributed by atoms with van der Waals surface area (Å²) in [5, 5.41) is 11.8. The lowest BCUT2D eigenvalue weighted by atomic mass is 9.81. The molecule has 0 aromatic rings.